The second kappa shape index (κ2) is 5.24. The Morgan fingerprint density at radius 2 is 2.00 bits per heavy atom. The van der Waals surface area contributed by atoms with Crippen LogP contribution in [-0.2, 0) is 11.0 Å². The van der Waals surface area contributed by atoms with E-state index in [4.69, 9.17) is 0 Å². The van der Waals surface area contributed by atoms with Crippen LogP contribution >= 0.6 is 0 Å². The van der Waals surface area contributed by atoms with Gasteiger partial charge in [-0.2, -0.15) is 0 Å². The zero-order valence-corrected chi connectivity index (χ0v) is 10.2. The Balaban J connectivity index is 2.38. The average molecular weight is 218 g/mol. The summed E-state index contributed by atoms with van der Waals surface area (Å²) in [4.78, 5) is 0. The third kappa shape index (κ3) is 4.07. The lowest BCUT2D eigenvalue weighted by Crippen LogP contribution is -2.40. The van der Waals surface area contributed by atoms with Crippen molar-refractivity contribution >= 4 is 11.0 Å². The fourth-order valence-corrected chi connectivity index (χ4v) is 2.36. The summed E-state index contributed by atoms with van der Waals surface area (Å²) in [5.74, 6) is 0. The Kier molecular flexibility index (Phi) is 4.54. The lowest BCUT2D eigenvalue weighted by Gasteiger charge is -2.23. The molecule has 0 aromatic carbocycles. The minimum Gasteiger partial charge on any atom is -0.317 e. The van der Waals surface area contributed by atoms with Crippen LogP contribution in [-0.4, -0.2) is 28.1 Å². The van der Waals surface area contributed by atoms with Crippen LogP contribution in [0.5, 0.6) is 0 Å². The summed E-state index contributed by atoms with van der Waals surface area (Å²) < 4.78 is 14.9. The summed E-state index contributed by atoms with van der Waals surface area (Å²) in [6, 6.07) is 0.421. The van der Waals surface area contributed by atoms with Crippen LogP contribution in [0.4, 0.5) is 0 Å². The van der Waals surface area contributed by atoms with Crippen molar-refractivity contribution in [2.45, 2.75) is 50.8 Å². The monoisotopic (exact) mass is 218 g/mol. The van der Waals surface area contributed by atoms with Crippen LogP contribution in [0.15, 0.2) is 0 Å². The van der Waals surface area contributed by atoms with Gasteiger partial charge in [0.1, 0.15) is 0 Å². The maximum Gasteiger partial charge on any atom is 0.0972 e. The maximum absolute atomic E-state index is 11.8. The zero-order chi connectivity index (χ0) is 10.6. The lowest BCUT2D eigenvalue weighted by molar-refractivity contribution is 0.539. The molecule has 3 nitrogen and oxygen atoms in total. The van der Waals surface area contributed by atoms with Gasteiger partial charge in [0.25, 0.3) is 0 Å². The summed E-state index contributed by atoms with van der Waals surface area (Å²) in [5, 5.41) is 3.35. The van der Waals surface area contributed by atoms with Gasteiger partial charge in [0.2, 0.25) is 0 Å². The molecule has 0 bridgehead atoms. The SMILES string of the molecule is CC(C)(C)S(=O)NC1CCCNCC1. The Morgan fingerprint density at radius 1 is 1.29 bits per heavy atom. The summed E-state index contributed by atoms with van der Waals surface area (Å²) >= 11 is 0. The van der Waals surface area contributed by atoms with E-state index in [1.807, 2.05) is 20.8 Å². The van der Waals surface area contributed by atoms with Gasteiger partial charge in [0.05, 0.1) is 15.7 Å². The van der Waals surface area contributed by atoms with E-state index in [-0.39, 0.29) is 4.75 Å². The first-order chi connectivity index (χ1) is 6.50. The van der Waals surface area contributed by atoms with E-state index in [2.05, 4.69) is 10.0 Å². The molecule has 14 heavy (non-hydrogen) atoms. The molecule has 0 amide bonds. The molecule has 0 aromatic heterocycles. The van der Waals surface area contributed by atoms with Gasteiger partial charge in [-0.25, -0.2) is 8.93 Å². The molecular formula is C10H22N2OS. The highest BCUT2D eigenvalue weighted by Gasteiger charge is 2.22. The van der Waals surface area contributed by atoms with E-state index in [1.165, 1.54) is 6.42 Å². The third-order valence-electron chi connectivity index (χ3n) is 2.41. The van der Waals surface area contributed by atoms with Crippen molar-refractivity contribution in [1.29, 1.82) is 0 Å². The second-order valence-corrected chi connectivity index (χ2v) is 6.87. The molecule has 1 aliphatic heterocycles. The van der Waals surface area contributed by atoms with Crippen LogP contribution in [0.25, 0.3) is 0 Å². The summed E-state index contributed by atoms with van der Waals surface area (Å²) in [5.41, 5.74) is 0. The van der Waals surface area contributed by atoms with Gasteiger partial charge in [-0.05, 0) is 53.1 Å². The van der Waals surface area contributed by atoms with Crippen molar-refractivity contribution < 1.29 is 4.21 Å². The summed E-state index contributed by atoms with van der Waals surface area (Å²) in [7, 11) is -0.920. The van der Waals surface area contributed by atoms with Crippen molar-refractivity contribution in [2.75, 3.05) is 13.1 Å². The van der Waals surface area contributed by atoms with Crippen molar-refractivity contribution in [2.24, 2.45) is 0 Å². The molecule has 1 fully saturated rings. The van der Waals surface area contributed by atoms with E-state index in [0.717, 1.165) is 25.9 Å². The Labute approximate surface area is 89.6 Å². The van der Waals surface area contributed by atoms with Crippen molar-refractivity contribution in [3.63, 3.8) is 0 Å². The molecule has 0 aliphatic carbocycles. The number of hydrogen-bond acceptors (Lipinski definition) is 2. The first-order valence-corrected chi connectivity index (χ1v) is 6.54. The normalized spacial score (nSPS) is 26.9. The van der Waals surface area contributed by atoms with Crippen LogP contribution in [0.3, 0.4) is 0 Å². The highest BCUT2D eigenvalue weighted by molar-refractivity contribution is 7.84. The van der Waals surface area contributed by atoms with Gasteiger partial charge in [-0.15, -0.1) is 0 Å². The lowest BCUT2D eigenvalue weighted by atomic mass is 10.1. The molecule has 0 saturated carbocycles. The van der Waals surface area contributed by atoms with Crippen molar-refractivity contribution in [3.8, 4) is 0 Å². The minimum absolute atomic E-state index is 0.153. The van der Waals surface area contributed by atoms with E-state index in [9.17, 15) is 4.21 Å². The van der Waals surface area contributed by atoms with Gasteiger partial charge in [0.15, 0.2) is 0 Å². The molecule has 2 N–H and O–H groups in total. The molecule has 0 radical (unpaired) electrons. The smallest absolute Gasteiger partial charge is 0.0972 e. The van der Waals surface area contributed by atoms with Gasteiger partial charge in [0, 0.05) is 6.04 Å². The Hall–Kier alpha value is 0.0700. The van der Waals surface area contributed by atoms with Crippen molar-refractivity contribution in [1.82, 2.24) is 10.0 Å². The van der Waals surface area contributed by atoms with Crippen LogP contribution in [0.1, 0.15) is 40.0 Å². The standard InChI is InChI=1S/C10H22N2OS/c1-10(2,3)14(13)12-9-5-4-7-11-8-6-9/h9,11-12H,4-8H2,1-3H3. The number of hydrogen-bond donors (Lipinski definition) is 2. The highest BCUT2D eigenvalue weighted by Crippen LogP contribution is 2.12. The predicted octanol–water partition coefficient (Wildman–Crippen LogP) is 1.18. The van der Waals surface area contributed by atoms with Crippen LogP contribution in [0, 0.1) is 0 Å². The molecule has 1 aliphatic rings. The largest absolute Gasteiger partial charge is 0.317 e. The van der Waals surface area contributed by atoms with Crippen LogP contribution < -0.4 is 10.0 Å². The van der Waals surface area contributed by atoms with Gasteiger partial charge < -0.3 is 5.32 Å². The van der Waals surface area contributed by atoms with Gasteiger partial charge in [-0.1, -0.05) is 0 Å². The molecule has 1 saturated heterocycles. The summed E-state index contributed by atoms with van der Waals surface area (Å²) in [6.45, 7) is 8.15. The molecule has 2 atom stereocenters. The highest BCUT2D eigenvalue weighted by atomic mass is 32.2. The molecular weight excluding hydrogens is 196 g/mol. The van der Waals surface area contributed by atoms with E-state index in [1.54, 1.807) is 0 Å². The van der Waals surface area contributed by atoms with Crippen LogP contribution in [0.2, 0.25) is 0 Å². The molecule has 1 rings (SSSR count). The van der Waals surface area contributed by atoms with E-state index in [0.29, 0.717) is 6.04 Å². The third-order valence-corrected chi connectivity index (χ3v) is 4.07. The van der Waals surface area contributed by atoms with E-state index >= 15 is 0 Å². The summed E-state index contributed by atoms with van der Waals surface area (Å²) in [6.07, 6.45) is 3.40. The minimum atomic E-state index is -0.920. The topological polar surface area (TPSA) is 41.1 Å². The van der Waals surface area contributed by atoms with Crippen molar-refractivity contribution in [3.05, 3.63) is 0 Å². The van der Waals surface area contributed by atoms with Gasteiger partial charge in [-0.3, -0.25) is 0 Å². The quantitative estimate of drug-likeness (QED) is 0.731. The number of rotatable bonds is 2. The molecule has 2 unspecified atom stereocenters. The number of nitrogens with one attached hydrogen (secondary N) is 2. The molecule has 0 aromatic rings. The molecule has 84 valence electrons. The molecule has 0 spiro atoms. The first kappa shape index (κ1) is 12.1. The molecule has 4 heteroatoms. The zero-order valence-electron chi connectivity index (χ0n) is 9.43. The fourth-order valence-electron chi connectivity index (χ4n) is 1.47. The Morgan fingerprint density at radius 3 is 2.64 bits per heavy atom. The maximum atomic E-state index is 11.8. The molecule has 1 heterocycles. The predicted molar refractivity (Wildman–Crippen MR) is 61.5 cm³/mol. The van der Waals surface area contributed by atoms with E-state index < -0.39 is 11.0 Å². The second-order valence-electron chi connectivity index (χ2n) is 4.88. The Bertz CT molecular complexity index is 193. The van der Waals surface area contributed by atoms with Gasteiger partial charge >= 0.3 is 0 Å². The average Bonchev–Trinajstić information content (AvgIpc) is 2.31. The first-order valence-electron chi connectivity index (χ1n) is 5.39. The fraction of sp³-hybridized carbons (Fsp3) is 1.00.